The molecule has 23 heavy (non-hydrogen) atoms. The van der Waals surface area contributed by atoms with Gasteiger partial charge < -0.3 is 13.9 Å². The highest BCUT2D eigenvalue weighted by Crippen LogP contribution is 2.43. The van der Waals surface area contributed by atoms with Crippen LogP contribution in [0.4, 0.5) is 13.2 Å². The Hall–Kier alpha value is -2.51. The number of methoxy groups -OCH3 is 1. The second kappa shape index (κ2) is 5.60. The molecule has 0 unspecified atom stereocenters. The Bertz CT molecular complexity index is 735. The Morgan fingerprint density at radius 3 is 2.70 bits per heavy atom. The van der Waals surface area contributed by atoms with Crippen LogP contribution >= 0.6 is 0 Å². The van der Waals surface area contributed by atoms with Gasteiger partial charge in [0, 0.05) is 11.5 Å². The van der Waals surface area contributed by atoms with E-state index in [9.17, 15) is 18.0 Å². The summed E-state index contributed by atoms with van der Waals surface area (Å²) in [5.41, 5.74) is 0.343. The number of oxazole rings is 1. The van der Waals surface area contributed by atoms with Crippen LogP contribution in [0.25, 0.3) is 11.5 Å². The van der Waals surface area contributed by atoms with E-state index >= 15 is 0 Å². The van der Waals surface area contributed by atoms with Crippen LogP contribution in [0.3, 0.4) is 0 Å². The first kappa shape index (κ1) is 15.4. The van der Waals surface area contributed by atoms with E-state index in [1.165, 1.54) is 25.3 Å². The van der Waals surface area contributed by atoms with Gasteiger partial charge in [0.2, 0.25) is 5.89 Å². The molecule has 1 fully saturated rings. The van der Waals surface area contributed by atoms with Gasteiger partial charge in [-0.15, -0.1) is 13.2 Å². The van der Waals surface area contributed by atoms with E-state index in [1.807, 2.05) is 0 Å². The summed E-state index contributed by atoms with van der Waals surface area (Å²) in [6.45, 7) is 0. The van der Waals surface area contributed by atoms with Crippen molar-refractivity contribution in [3.63, 3.8) is 0 Å². The first-order valence-electron chi connectivity index (χ1n) is 6.82. The molecule has 0 N–H and O–H groups in total. The molecule has 1 aromatic heterocycles. The summed E-state index contributed by atoms with van der Waals surface area (Å²) < 4.78 is 51.0. The molecule has 0 atom stereocenters. The Morgan fingerprint density at radius 1 is 1.35 bits per heavy atom. The average molecular weight is 327 g/mol. The number of carbonyl (C=O) groups is 1. The molecular weight excluding hydrogens is 315 g/mol. The quantitative estimate of drug-likeness (QED) is 0.797. The molecule has 0 radical (unpaired) electrons. The van der Waals surface area contributed by atoms with Gasteiger partial charge in [-0.25, -0.2) is 9.78 Å². The zero-order valence-electron chi connectivity index (χ0n) is 12.0. The number of hydrogen-bond acceptors (Lipinski definition) is 5. The Balaban J connectivity index is 1.95. The lowest BCUT2D eigenvalue weighted by Gasteiger charge is -2.08. The Kier molecular flexibility index (Phi) is 3.75. The summed E-state index contributed by atoms with van der Waals surface area (Å²) in [6, 6.07) is 5.22. The van der Waals surface area contributed by atoms with Gasteiger partial charge >= 0.3 is 12.3 Å². The highest BCUT2D eigenvalue weighted by molar-refractivity contribution is 5.89. The molecule has 0 bridgehead atoms. The van der Waals surface area contributed by atoms with Crippen molar-refractivity contribution in [2.45, 2.75) is 25.1 Å². The van der Waals surface area contributed by atoms with E-state index in [0.717, 1.165) is 18.9 Å². The average Bonchev–Trinajstić information content (AvgIpc) is 3.23. The number of halogens is 3. The molecule has 1 aliphatic rings. The van der Waals surface area contributed by atoms with Crippen molar-refractivity contribution in [3.05, 3.63) is 35.7 Å². The monoisotopic (exact) mass is 327 g/mol. The number of esters is 1. The van der Waals surface area contributed by atoms with E-state index in [4.69, 9.17) is 4.42 Å². The van der Waals surface area contributed by atoms with Gasteiger partial charge in [-0.1, -0.05) is 6.07 Å². The van der Waals surface area contributed by atoms with Gasteiger partial charge in [-0.2, -0.15) is 0 Å². The maximum Gasteiger partial charge on any atom is 0.573 e. The fourth-order valence-electron chi connectivity index (χ4n) is 2.15. The highest BCUT2D eigenvalue weighted by Gasteiger charge is 2.35. The molecule has 1 heterocycles. The molecule has 0 spiro atoms. The number of aromatic nitrogens is 1. The van der Waals surface area contributed by atoms with Crippen molar-refractivity contribution in [1.29, 1.82) is 0 Å². The molecule has 5 nitrogen and oxygen atoms in total. The largest absolute Gasteiger partial charge is 0.573 e. The summed E-state index contributed by atoms with van der Waals surface area (Å²) in [5.74, 6) is -0.459. The van der Waals surface area contributed by atoms with Crippen molar-refractivity contribution in [3.8, 4) is 17.2 Å². The van der Waals surface area contributed by atoms with Crippen LogP contribution in [-0.2, 0) is 4.74 Å². The lowest BCUT2D eigenvalue weighted by molar-refractivity contribution is -0.274. The van der Waals surface area contributed by atoms with E-state index in [1.54, 1.807) is 0 Å². The zero-order chi connectivity index (χ0) is 16.6. The van der Waals surface area contributed by atoms with Crippen LogP contribution in [0.2, 0.25) is 0 Å². The second-order valence-corrected chi connectivity index (χ2v) is 5.07. The predicted octanol–water partition coefficient (Wildman–Crippen LogP) is 3.90. The van der Waals surface area contributed by atoms with Gasteiger partial charge in [0.1, 0.15) is 11.5 Å². The number of alkyl halides is 3. The summed E-state index contributed by atoms with van der Waals surface area (Å²) in [5, 5.41) is 0. The first-order valence-corrected chi connectivity index (χ1v) is 6.82. The molecule has 1 saturated carbocycles. The van der Waals surface area contributed by atoms with Gasteiger partial charge in [0.25, 0.3) is 0 Å². The Labute approximate surface area is 129 Å². The fraction of sp³-hybridized carbons (Fsp3) is 0.333. The van der Waals surface area contributed by atoms with Crippen LogP contribution in [0.15, 0.2) is 28.7 Å². The normalized spacial score (nSPS) is 14.6. The Morgan fingerprint density at radius 2 is 2.09 bits per heavy atom. The van der Waals surface area contributed by atoms with Gasteiger partial charge in [-0.3, -0.25) is 0 Å². The minimum absolute atomic E-state index is 0.0555. The van der Waals surface area contributed by atoms with Gasteiger partial charge in [0.15, 0.2) is 5.69 Å². The number of nitrogens with zero attached hydrogens (tertiary/aromatic N) is 1. The van der Waals surface area contributed by atoms with Crippen molar-refractivity contribution in [2.24, 2.45) is 0 Å². The van der Waals surface area contributed by atoms with Crippen LogP contribution < -0.4 is 4.74 Å². The third-order valence-electron chi connectivity index (χ3n) is 3.29. The van der Waals surface area contributed by atoms with Gasteiger partial charge in [0.05, 0.1) is 7.11 Å². The van der Waals surface area contributed by atoms with E-state index in [2.05, 4.69) is 14.5 Å². The number of carbonyl (C=O) groups excluding carboxylic acids is 1. The van der Waals surface area contributed by atoms with Gasteiger partial charge in [-0.05, 0) is 31.0 Å². The fourth-order valence-corrected chi connectivity index (χ4v) is 2.15. The lowest BCUT2D eigenvalue weighted by atomic mass is 10.2. The van der Waals surface area contributed by atoms with E-state index < -0.39 is 12.3 Å². The molecule has 0 aliphatic heterocycles. The van der Waals surface area contributed by atoms with Crippen LogP contribution in [0.5, 0.6) is 5.75 Å². The molecular formula is C15H12F3NO4. The smallest absolute Gasteiger partial charge is 0.464 e. The minimum Gasteiger partial charge on any atom is -0.464 e. The maximum atomic E-state index is 12.3. The van der Waals surface area contributed by atoms with Crippen LogP contribution in [-0.4, -0.2) is 24.4 Å². The van der Waals surface area contributed by atoms with Crippen molar-refractivity contribution in [1.82, 2.24) is 4.98 Å². The number of benzene rings is 1. The molecule has 2 aromatic rings. The third-order valence-corrected chi connectivity index (χ3v) is 3.29. The molecule has 0 saturated heterocycles. The summed E-state index contributed by atoms with van der Waals surface area (Å²) in [7, 11) is 1.23. The first-order chi connectivity index (χ1) is 10.9. The molecule has 1 aromatic carbocycles. The van der Waals surface area contributed by atoms with Crippen LogP contribution in [0.1, 0.15) is 35.0 Å². The molecule has 3 rings (SSSR count). The molecule has 1 aliphatic carbocycles. The number of ether oxygens (including phenoxy) is 2. The second-order valence-electron chi connectivity index (χ2n) is 5.07. The van der Waals surface area contributed by atoms with Crippen molar-refractivity contribution < 1.29 is 31.9 Å². The molecule has 122 valence electrons. The summed E-state index contributed by atoms with van der Waals surface area (Å²) >= 11 is 0. The molecule has 8 heteroatoms. The third kappa shape index (κ3) is 3.46. The summed E-state index contributed by atoms with van der Waals surface area (Å²) in [6.07, 6.45) is -3.04. The predicted molar refractivity (Wildman–Crippen MR) is 71.9 cm³/mol. The minimum atomic E-state index is -4.79. The van der Waals surface area contributed by atoms with E-state index in [-0.39, 0.29) is 28.8 Å². The topological polar surface area (TPSA) is 61.6 Å². The highest BCUT2D eigenvalue weighted by atomic mass is 19.4. The number of hydrogen-bond donors (Lipinski definition) is 0. The number of rotatable bonds is 4. The lowest BCUT2D eigenvalue weighted by Crippen LogP contribution is -2.17. The van der Waals surface area contributed by atoms with Crippen molar-refractivity contribution in [2.75, 3.05) is 7.11 Å². The van der Waals surface area contributed by atoms with Crippen LogP contribution in [0, 0.1) is 0 Å². The molecule has 0 amide bonds. The summed E-state index contributed by atoms with van der Waals surface area (Å²) in [4.78, 5) is 15.8. The SMILES string of the molecule is COC(=O)c1nc(-c2cccc(OC(F)(F)F)c2)oc1C1CC1. The zero-order valence-corrected chi connectivity index (χ0v) is 12.0. The van der Waals surface area contributed by atoms with E-state index in [0.29, 0.717) is 5.76 Å². The standard InChI is InChI=1S/C15H12F3NO4/c1-21-14(20)11-12(8-5-6-8)22-13(19-11)9-3-2-4-10(7-9)23-15(16,17)18/h2-4,7-8H,5-6H2,1H3. The van der Waals surface area contributed by atoms with Crippen molar-refractivity contribution >= 4 is 5.97 Å². The maximum absolute atomic E-state index is 12.3.